The Morgan fingerprint density at radius 2 is 1.77 bits per heavy atom. The van der Waals surface area contributed by atoms with E-state index in [1.54, 1.807) is 0 Å². The number of hydrogen-bond donors (Lipinski definition) is 1. The van der Waals surface area contributed by atoms with Crippen LogP contribution in [0.25, 0.3) is 0 Å². The highest BCUT2D eigenvalue weighted by Gasteiger charge is 2.64. The molecule has 2 heterocycles. The first kappa shape index (κ1) is 25.1. The second-order valence-corrected chi connectivity index (χ2v) is 10.7. The summed E-state index contributed by atoms with van der Waals surface area (Å²) in [5, 5.41) is 10.2. The quantitative estimate of drug-likeness (QED) is 0.210. The molecule has 0 spiro atoms. The Balaban J connectivity index is 1.52. The molecule has 0 bridgehead atoms. The average molecular weight is 461 g/mol. The van der Waals surface area contributed by atoms with E-state index in [2.05, 4.69) is 25.5 Å². The lowest BCUT2D eigenvalue weighted by Gasteiger charge is -2.57. The van der Waals surface area contributed by atoms with E-state index in [1.165, 1.54) is 7.11 Å². The fourth-order valence-electron chi connectivity index (χ4n) is 5.84. The van der Waals surface area contributed by atoms with Crippen LogP contribution in [0.1, 0.15) is 72.1 Å². The molecule has 1 N–H and O–H groups in total. The van der Waals surface area contributed by atoms with Gasteiger partial charge in [0.1, 0.15) is 5.44 Å². The lowest BCUT2D eigenvalue weighted by Crippen LogP contribution is -2.66. The molecule has 8 heteroatoms. The molecular weight excluding hydrogens is 420 g/mol. The van der Waals surface area contributed by atoms with E-state index in [0.29, 0.717) is 12.5 Å². The van der Waals surface area contributed by atoms with Crippen LogP contribution in [0.2, 0.25) is 0 Å². The molecule has 3 rings (SSSR count). The number of thioether (sulfide) groups is 1. The van der Waals surface area contributed by atoms with Crippen LogP contribution in [-0.2, 0) is 23.8 Å². The van der Waals surface area contributed by atoms with Gasteiger partial charge in [0.05, 0.1) is 19.8 Å². The van der Waals surface area contributed by atoms with E-state index in [0.717, 1.165) is 57.1 Å². The Morgan fingerprint density at radius 3 is 2.52 bits per heavy atom. The number of rotatable bonds is 9. The fraction of sp³-hybridized carbons (Fsp3) is 0.957. The molecule has 0 aromatic rings. The molecular formula is C23H40O7S. The van der Waals surface area contributed by atoms with Gasteiger partial charge >= 0.3 is 6.16 Å². The van der Waals surface area contributed by atoms with Crippen LogP contribution in [0.4, 0.5) is 4.79 Å². The summed E-state index contributed by atoms with van der Waals surface area (Å²) < 4.78 is 22.2. The van der Waals surface area contributed by atoms with E-state index < -0.39 is 18.0 Å². The summed E-state index contributed by atoms with van der Waals surface area (Å²) in [6.07, 6.45) is 7.18. The van der Waals surface area contributed by atoms with Crippen molar-refractivity contribution < 1.29 is 33.9 Å². The van der Waals surface area contributed by atoms with Gasteiger partial charge in [-0.2, -0.15) is 0 Å². The predicted octanol–water partition coefficient (Wildman–Crippen LogP) is 5.47. The molecule has 0 radical (unpaired) electrons. The van der Waals surface area contributed by atoms with Gasteiger partial charge in [-0.15, -0.1) is 11.8 Å². The zero-order valence-electron chi connectivity index (χ0n) is 19.4. The summed E-state index contributed by atoms with van der Waals surface area (Å²) in [6.45, 7) is 7.01. The number of ether oxygens (including phenoxy) is 4. The van der Waals surface area contributed by atoms with E-state index in [-0.39, 0.29) is 29.3 Å². The molecule has 3 aliphatic rings. The first-order valence-corrected chi connectivity index (χ1v) is 12.9. The minimum Gasteiger partial charge on any atom is -0.438 e. The van der Waals surface area contributed by atoms with Crippen molar-refractivity contribution in [3.63, 3.8) is 0 Å². The Kier molecular flexibility index (Phi) is 9.35. The van der Waals surface area contributed by atoms with Gasteiger partial charge in [-0.1, -0.05) is 26.7 Å². The topological polar surface area (TPSA) is 83.5 Å². The molecule has 0 aromatic carbocycles. The third-order valence-electron chi connectivity index (χ3n) is 7.57. The molecule has 7 nitrogen and oxygen atoms in total. The monoisotopic (exact) mass is 460 g/mol. The van der Waals surface area contributed by atoms with Crippen molar-refractivity contribution in [2.45, 2.75) is 95.6 Å². The Hall–Kier alpha value is -0.540. The lowest BCUT2D eigenvalue weighted by atomic mass is 9.58. The normalized spacial score (nSPS) is 40.0. The molecule has 1 saturated carbocycles. The third-order valence-corrected chi connectivity index (χ3v) is 8.97. The minimum absolute atomic E-state index is 0.0419. The van der Waals surface area contributed by atoms with Crippen molar-refractivity contribution in [2.24, 2.45) is 23.7 Å². The van der Waals surface area contributed by atoms with E-state index in [4.69, 9.17) is 19.1 Å². The second kappa shape index (κ2) is 11.5. The van der Waals surface area contributed by atoms with Gasteiger partial charge in [-0.25, -0.2) is 9.68 Å². The van der Waals surface area contributed by atoms with Crippen molar-refractivity contribution in [3.8, 4) is 0 Å². The highest BCUT2D eigenvalue weighted by molar-refractivity contribution is 7.99. The Bertz CT molecular complexity index is 576. The van der Waals surface area contributed by atoms with E-state index >= 15 is 0 Å². The van der Waals surface area contributed by atoms with Crippen molar-refractivity contribution in [3.05, 3.63) is 0 Å². The predicted molar refractivity (Wildman–Crippen MR) is 119 cm³/mol. The summed E-state index contributed by atoms with van der Waals surface area (Å²) in [4.78, 5) is 16.3. The maximum atomic E-state index is 10.9. The van der Waals surface area contributed by atoms with Crippen molar-refractivity contribution in [1.29, 1.82) is 0 Å². The molecule has 0 aromatic heterocycles. The van der Waals surface area contributed by atoms with Gasteiger partial charge < -0.3 is 18.9 Å². The van der Waals surface area contributed by atoms with Crippen molar-refractivity contribution in [1.82, 2.24) is 0 Å². The van der Waals surface area contributed by atoms with Gasteiger partial charge in [-0.3, -0.25) is 5.26 Å². The summed E-state index contributed by atoms with van der Waals surface area (Å²) >= 11 is 1.85. The molecule has 31 heavy (non-hydrogen) atoms. The highest BCUT2D eigenvalue weighted by Crippen LogP contribution is 2.57. The molecule has 2 aliphatic heterocycles. The summed E-state index contributed by atoms with van der Waals surface area (Å²) in [5.41, 5.74) is -0.710. The van der Waals surface area contributed by atoms with Crippen LogP contribution < -0.4 is 0 Å². The maximum absolute atomic E-state index is 10.9. The zero-order chi connectivity index (χ0) is 22.4. The van der Waals surface area contributed by atoms with Gasteiger partial charge in [0.25, 0.3) is 0 Å². The smallest absolute Gasteiger partial charge is 0.438 e. The van der Waals surface area contributed by atoms with Crippen LogP contribution >= 0.6 is 11.8 Å². The van der Waals surface area contributed by atoms with Crippen LogP contribution in [-0.4, -0.2) is 54.3 Å². The van der Waals surface area contributed by atoms with Crippen molar-refractivity contribution in [2.75, 3.05) is 19.5 Å². The van der Waals surface area contributed by atoms with Crippen molar-refractivity contribution >= 4 is 17.9 Å². The van der Waals surface area contributed by atoms with Crippen LogP contribution in [0.5, 0.6) is 0 Å². The van der Waals surface area contributed by atoms with Crippen LogP contribution in [0, 0.1) is 23.7 Å². The Morgan fingerprint density at radius 1 is 1.03 bits per heavy atom. The molecule has 1 aliphatic carbocycles. The number of methoxy groups -OCH3 is 1. The summed E-state index contributed by atoms with van der Waals surface area (Å²) in [7, 11) is 1.32. The molecule has 3 fully saturated rings. The lowest BCUT2D eigenvalue weighted by molar-refractivity contribution is -0.438. The minimum atomic E-state index is -0.751. The first-order chi connectivity index (χ1) is 14.9. The van der Waals surface area contributed by atoms with Gasteiger partial charge in [0.2, 0.25) is 0 Å². The number of hydrogen-bond acceptors (Lipinski definition) is 8. The Labute approximate surface area is 190 Å². The summed E-state index contributed by atoms with van der Waals surface area (Å²) in [6, 6.07) is 0. The first-order valence-electron chi connectivity index (χ1n) is 11.9. The van der Waals surface area contributed by atoms with Gasteiger partial charge in [-0.05, 0) is 69.0 Å². The largest absolute Gasteiger partial charge is 0.507 e. The molecule has 8 atom stereocenters. The van der Waals surface area contributed by atoms with E-state index in [1.807, 2.05) is 11.8 Å². The second-order valence-electron chi connectivity index (χ2n) is 9.52. The highest BCUT2D eigenvalue weighted by atomic mass is 32.2. The average Bonchev–Trinajstić information content (AvgIpc) is 2.91. The third kappa shape index (κ3) is 5.52. The van der Waals surface area contributed by atoms with Gasteiger partial charge in [0.15, 0.2) is 11.9 Å². The number of carbonyl (C=O) groups is 1. The molecule has 2 saturated heterocycles. The standard InChI is InChI=1S/C23H40O7S/c1-15-9-11-19-17(3)20(31-14-8-6-5-7-13-27-22(24)26-4)29-21-23(19,30-25)18(15)12-10-16(2)28-21/h15-21,25H,5-14H2,1-4H3/t15-,16+,17-,18+,19+,20+,21+,23-/m1/s1. The fourth-order valence-corrected chi connectivity index (χ4v) is 7.11. The molecule has 0 amide bonds. The number of unbranched alkanes of at least 4 members (excludes halogenated alkanes) is 3. The SMILES string of the molecule is COC(=O)OCCCCCCS[C@@H]1O[C@@H]2O[C@@H](C)CC[C@H]3[C@H](C)CC[C@@H]([C@H]1C)[C@@]23OO. The molecule has 180 valence electrons. The zero-order valence-corrected chi connectivity index (χ0v) is 20.2. The van der Waals surface area contributed by atoms with Crippen LogP contribution in [0.3, 0.4) is 0 Å². The molecule has 0 unspecified atom stereocenters. The summed E-state index contributed by atoms with van der Waals surface area (Å²) in [5.74, 6) is 2.27. The van der Waals surface area contributed by atoms with Crippen LogP contribution in [0.15, 0.2) is 0 Å². The number of carbonyl (C=O) groups excluding carboxylic acids is 1. The van der Waals surface area contributed by atoms with E-state index in [9.17, 15) is 10.1 Å². The maximum Gasteiger partial charge on any atom is 0.507 e. The van der Waals surface area contributed by atoms with Gasteiger partial charge in [0, 0.05) is 5.92 Å².